The summed E-state index contributed by atoms with van der Waals surface area (Å²) in [7, 11) is 0. The van der Waals surface area contributed by atoms with Crippen molar-refractivity contribution in [2.24, 2.45) is 0 Å². The molecule has 1 aromatic carbocycles. The highest BCUT2D eigenvalue weighted by atomic mass is 16.5. The predicted octanol–water partition coefficient (Wildman–Crippen LogP) is 4.52. The predicted molar refractivity (Wildman–Crippen MR) is 133 cm³/mol. The number of hydrogen-bond donors (Lipinski definition) is 2. The van der Waals surface area contributed by atoms with Crippen LogP contribution in [0.2, 0.25) is 0 Å². The van der Waals surface area contributed by atoms with Crippen LogP contribution in [0.1, 0.15) is 49.5 Å². The number of hydrogen-bond acceptors (Lipinski definition) is 7. The lowest BCUT2D eigenvalue weighted by Crippen LogP contribution is -2.53. The van der Waals surface area contributed by atoms with Gasteiger partial charge in [-0.2, -0.15) is 0 Å². The number of urea groups is 1. The van der Waals surface area contributed by atoms with E-state index in [1.54, 1.807) is 48.7 Å². The Hall–Kier alpha value is -3.72. The Kier molecular flexibility index (Phi) is 7.16. The van der Waals surface area contributed by atoms with E-state index in [1.165, 1.54) is 0 Å². The molecule has 0 atom stereocenters. The van der Waals surface area contributed by atoms with Crippen molar-refractivity contribution in [3.8, 4) is 5.75 Å². The number of ketones is 1. The molecule has 9 nitrogen and oxygen atoms in total. The topological polar surface area (TPSA) is 110 Å². The standard InChI is InChI=1S/C26H31N5O4/c1-5-31-15-20(16-31)34-19-10-11-21(27-14-19)22(32)12-17-6-8-18(9-7-17)28-25(33)29-24-13-23(35-30-24)26(2,3)4/h6-11,13-14,20H,5,12,15-16H2,1-4H3,(H2,28,29,30,33). The van der Waals surface area contributed by atoms with Gasteiger partial charge in [-0.05, 0) is 36.4 Å². The lowest BCUT2D eigenvalue weighted by atomic mass is 9.93. The third-order valence-electron chi connectivity index (χ3n) is 5.76. The number of benzene rings is 1. The van der Waals surface area contributed by atoms with Crippen molar-refractivity contribution in [2.45, 2.75) is 45.6 Å². The number of Topliss-reactive ketones (excluding diaryl/α,β-unsaturated/α-hetero) is 1. The van der Waals surface area contributed by atoms with Gasteiger partial charge in [-0.3, -0.25) is 15.0 Å². The summed E-state index contributed by atoms with van der Waals surface area (Å²) >= 11 is 0. The molecule has 9 heteroatoms. The molecule has 1 aliphatic heterocycles. The third-order valence-corrected chi connectivity index (χ3v) is 5.76. The van der Waals surface area contributed by atoms with Crippen molar-refractivity contribution in [1.29, 1.82) is 0 Å². The summed E-state index contributed by atoms with van der Waals surface area (Å²) in [6.45, 7) is 11.0. The molecule has 35 heavy (non-hydrogen) atoms. The quantitative estimate of drug-likeness (QED) is 0.459. The van der Waals surface area contributed by atoms with Gasteiger partial charge in [0, 0.05) is 36.7 Å². The number of carbonyl (C=O) groups excluding carboxylic acids is 2. The van der Waals surface area contributed by atoms with E-state index in [0.29, 0.717) is 28.7 Å². The fraction of sp³-hybridized carbons (Fsp3) is 0.385. The minimum atomic E-state index is -0.432. The first-order valence-electron chi connectivity index (χ1n) is 11.7. The van der Waals surface area contributed by atoms with E-state index in [9.17, 15) is 9.59 Å². The van der Waals surface area contributed by atoms with Crippen molar-refractivity contribution >= 4 is 23.3 Å². The molecular formula is C26H31N5O4. The van der Waals surface area contributed by atoms with Gasteiger partial charge < -0.3 is 14.6 Å². The molecule has 1 aliphatic rings. The number of rotatable bonds is 8. The molecule has 184 valence electrons. The van der Waals surface area contributed by atoms with E-state index in [0.717, 1.165) is 25.2 Å². The average molecular weight is 478 g/mol. The maximum atomic E-state index is 12.6. The fourth-order valence-electron chi connectivity index (χ4n) is 3.61. The van der Waals surface area contributed by atoms with Crippen LogP contribution in [0.5, 0.6) is 5.75 Å². The Labute approximate surface area is 204 Å². The minimum Gasteiger partial charge on any atom is -0.486 e. The first kappa shape index (κ1) is 24.4. The summed E-state index contributed by atoms with van der Waals surface area (Å²) in [4.78, 5) is 31.5. The van der Waals surface area contributed by atoms with Crippen LogP contribution in [0.15, 0.2) is 53.2 Å². The summed E-state index contributed by atoms with van der Waals surface area (Å²) in [5.41, 5.74) is 1.61. The van der Waals surface area contributed by atoms with Crippen LogP contribution in [-0.4, -0.2) is 52.6 Å². The van der Waals surface area contributed by atoms with E-state index in [1.807, 2.05) is 20.8 Å². The third kappa shape index (κ3) is 6.45. The first-order valence-corrected chi connectivity index (χ1v) is 11.7. The Morgan fingerprint density at radius 2 is 1.86 bits per heavy atom. The van der Waals surface area contributed by atoms with Crippen molar-refractivity contribution in [3.05, 3.63) is 65.7 Å². The number of aromatic nitrogens is 2. The number of amides is 2. The van der Waals surface area contributed by atoms with Crippen molar-refractivity contribution < 1.29 is 18.8 Å². The maximum absolute atomic E-state index is 12.6. The van der Waals surface area contributed by atoms with Crippen LogP contribution in [-0.2, 0) is 11.8 Å². The number of nitrogens with one attached hydrogen (secondary N) is 2. The molecule has 3 aromatic rings. The highest BCUT2D eigenvalue weighted by molar-refractivity contribution is 5.99. The highest BCUT2D eigenvalue weighted by Crippen LogP contribution is 2.24. The van der Waals surface area contributed by atoms with Crippen LogP contribution < -0.4 is 15.4 Å². The van der Waals surface area contributed by atoms with E-state index in [2.05, 4.69) is 32.6 Å². The molecular weight excluding hydrogens is 446 g/mol. The number of nitrogens with zero attached hydrogens (tertiary/aromatic N) is 3. The highest BCUT2D eigenvalue weighted by Gasteiger charge is 2.27. The van der Waals surface area contributed by atoms with Crippen LogP contribution in [0.25, 0.3) is 0 Å². The normalized spacial score (nSPS) is 14.3. The van der Waals surface area contributed by atoms with Crippen LogP contribution in [0.3, 0.4) is 0 Å². The molecule has 2 aromatic heterocycles. The zero-order valence-electron chi connectivity index (χ0n) is 20.5. The lowest BCUT2D eigenvalue weighted by molar-refractivity contribution is 0.0236. The molecule has 1 fully saturated rings. The molecule has 3 heterocycles. The summed E-state index contributed by atoms with van der Waals surface area (Å²) in [5, 5.41) is 9.27. The van der Waals surface area contributed by atoms with Gasteiger partial charge in [0.1, 0.15) is 23.3 Å². The number of pyridine rings is 1. The molecule has 0 spiro atoms. The fourth-order valence-corrected chi connectivity index (χ4v) is 3.61. The number of carbonyl (C=O) groups is 2. The molecule has 0 unspecified atom stereocenters. The number of likely N-dealkylation sites (N-methyl/N-ethyl adjacent to an activating group) is 1. The SMILES string of the molecule is CCN1CC(Oc2ccc(C(=O)Cc3ccc(NC(=O)Nc4cc(C(C)(C)C)on4)cc3)nc2)C1. The summed E-state index contributed by atoms with van der Waals surface area (Å²) < 4.78 is 11.1. The minimum absolute atomic E-state index is 0.0866. The maximum Gasteiger partial charge on any atom is 0.324 e. The second-order valence-corrected chi connectivity index (χ2v) is 9.67. The van der Waals surface area contributed by atoms with Crippen LogP contribution >= 0.6 is 0 Å². The van der Waals surface area contributed by atoms with Gasteiger partial charge in [-0.25, -0.2) is 9.78 Å². The van der Waals surface area contributed by atoms with Crippen molar-refractivity contribution in [1.82, 2.24) is 15.0 Å². The Balaban J connectivity index is 1.26. The van der Waals surface area contributed by atoms with Gasteiger partial charge in [-0.15, -0.1) is 0 Å². The molecule has 0 bridgehead atoms. The molecule has 4 rings (SSSR count). The van der Waals surface area contributed by atoms with E-state index in [4.69, 9.17) is 9.26 Å². The van der Waals surface area contributed by atoms with Gasteiger partial charge in [0.2, 0.25) is 0 Å². The number of likely N-dealkylation sites (tertiary alicyclic amines) is 1. The van der Waals surface area contributed by atoms with Gasteiger partial charge in [0.05, 0.1) is 6.20 Å². The van der Waals surface area contributed by atoms with Gasteiger partial charge in [0.15, 0.2) is 11.6 Å². The monoisotopic (exact) mass is 477 g/mol. The summed E-state index contributed by atoms with van der Waals surface area (Å²) in [5.74, 6) is 1.61. The van der Waals surface area contributed by atoms with Crippen LogP contribution in [0, 0.1) is 0 Å². The van der Waals surface area contributed by atoms with E-state index >= 15 is 0 Å². The molecule has 0 radical (unpaired) electrons. The summed E-state index contributed by atoms with van der Waals surface area (Å²) in [6, 6.07) is 11.8. The first-order chi connectivity index (χ1) is 16.7. The second-order valence-electron chi connectivity index (χ2n) is 9.67. The molecule has 0 aliphatic carbocycles. The van der Waals surface area contributed by atoms with E-state index in [-0.39, 0.29) is 23.7 Å². The lowest BCUT2D eigenvalue weighted by Gasteiger charge is -2.38. The molecule has 1 saturated heterocycles. The van der Waals surface area contributed by atoms with Gasteiger partial charge in [-0.1, -0.05) is 45.0 Å². The number of ether oxygens (including phenoxy) is 1. The van der Waals surface area contributed by atoms with E-state index < -0.39 is 6.03 Å². The van der Waals surface area contributed by atoms with Gasteiger partial charge >= 0.3 is 6.03 Å². The molecule has 0 saturated carbocycles. The Morgan fingerprint density at radius 1 is 1.11 bits per heavy atom. The average Bonchev–Trinajstić information content (AvgIpc) is 3.26. The summed E-state index contributed by atoms with van der Waals surface area (Å²) in [6.07, 6.45) is 2.00. The van der Waals surface area contributed by atoms with Crippen molar-refractivity contribution in [2.75, 3.05) is 30.3 Å². The molecule has 2 N–H and O–H groups in total. The van der Waals surface area contributed by atoms with Crippen LogP contribution in [0.4, 0.5) is 16.3 Å². The van der Waals surface area contributed by atoms with Crippen molar-refractivity contribution in [3.63, 3.8) is 0 Å². The number of anilines is 2. The van der Waals surface area contributed by atoms with Gasteiger partial charge in [0.25, 0.3) is 0 Å². The Bertz CT molecular complexity index is 1160. The zero-order valence-corrected chi connectivity index (χ0v) is 20.5. The Morgan fingerprint density at radius 3 is 2.46 bits per heavy atom. The second kappa shape index (κ2) is 10.3. The zero-order chi connectivity index (χ0) is 25.0. The largest absolute Gasteiger partial charge is 0.486 e. The molecule has 2 amide bonds. The smallest absolute Gasteiger partial charge is 0.324 e.